The van der Waals surface area contributed by atoms with Crippen LogP contribution in [0.15, 0.2) is 180 Å². The van der Waals surface area contributed by atoms with Crippen LogP contribution >= 0.6 is 27.5 Å². The number of rotatable bonds is 38. The number of amides is 2. The quantitative estimate of drug-likeness (QED) is 0.0107. The van der Waals surface area contributed by atoms with Gasteiger partial charge in [-0.15, -0.1) is 12.4 Å². The standard InChI is InChI=1S/C40H54N3O12PS.C34H43N2O11PS.C6H13NO2.3CH4.ClH/c1-27(2)23-43(24-36(44)35(22-30-12-8-6-9-13-30)41-40(46)54-37-25-51-39-34(37)20-21-50-39)57(48,49)33-18-16-31(17-19-33)52-26-56(47,55-32-14-10-7-11-15-32)42-29(5)38(45)53-28(3)4;1-24(2)20-36(49(41,42)28-15-13-26(14-16-28)45-23-48(39,40)47-27-11-7-4-8-12-27)21-31(37)30(19-25-9-5-3-6-10-25)35-34(38)46-32-22-44-33-29(32)17-18-43-33;1-4(2)9-6(8)5(3)7;;;;/h6-19,27-29,34-37,39,44H,20-26H2,1-5H3,(H,41,46)(H,42,47);3-16,24,29-33,37H,17-23H2,1-2H3,(H,35,38)(H,39,40);4-5H,7H2,1-3H3;3*1H4;1H/t29-,34-,35-,36+,37-,39+,56?;29-,30-,31+,32-,33+;5-;;;;/m000..../s1. The number of sulfonamides is 2. The van der Waals surface area contributed by atoms with Crippen molar-refractivity contribution in [3.8, 4) is 23.0 Å². The average molecular weight is 1770 g/mol. The number of esters is 2. The molecule has 4 aliphatic rings. The van der Waals surface area contributed by atoms with Crippen LogP contribution in [0.2, 0.25) is 0 Å². The second-order valence-electron chi connectivity index (χ2n) is 29.6. The fourth-order valence-electron chi connectivity index (χ4n) is 12.5. The van der Waals surface area contributed by atoms with E-state index in [0.717, 1.165) is 11.1 Å². The van der Waals surface area contributed by atoms with E-state index in [1.54, 1.807) is 95.3 Å². The molecule has 8 N–H and O–H groups in total. The Labute approximate surface area is 707 Å². The van der Waals surface area contributed by atoms with E-state index < -0.39 is 127 Å². The van der Waals surface area contributed by atoms with E-state index in [9.17, 15) is 60.3 Å². The minimum atomic E-state index is -4.19. The Morgan fingerprint density at radius 3 is 1.22 bits per heavy atom. The summed E-state index contributed by atoms with van der Waals surface area (Å²) >= 11 is 0. The number of carbonyl (C=O) groups is 4. The predicted molar refractivity (Wildman–Crippen MR) is 453 cm³/mol. The maximum absolute atomic E-state index is 14.2. The number of hydrogen-bond donors (Lipinski definition) is 7. The SMILES string of the molecule is C.C.C.CC(C)CN(C[C@@H](O)[C@H](Cc1ccccc1)NC(=O)O[C@H]1CO[C@H]2OCC[C@H]21)S(=O)(=O)c1ccc(OCP(=O)(N[C@@H](C)C(=O)OC(C)C)Oc2ccccc2)cc1.CC(C)CN(C[C@@H](O)[C@H](Cc1ccccc1)NC(=O)O[C@H]1CO[C@H]2OCC[C@H]21)S(=O)(=O)c1ccc(OCP(=O)(O)Oc2ccccc2)cc1.CC(C)OC(=O)[C@H](C)N.Cl. The molecule has 0 aromatic heterocycles. The maximum Gasteiger partial charge on any atom is 0.413 e. The second-order valence-corrected chi connectivity index (χ2v) is 37.2. The Bertz CT molecular complexity index is 4350. The molecule has 10 rings (SSSR count). The van der Waals surface area contributed by atoms with Gasteiger partial charge in [-0.1, -0.05) is 147 Å². The van der Waals surface area contributed by atoms with Crippen LogP contribution in [0, 0.1) is 23.7 Å². The summed E-state index contributed by atoms with van der Waals surface area (Å²) in [6.45, 7) is 18.5. The highest BCUT2D eigenvalue weighted by Gasteiger charge is 2.46. The zero-order valence-electron chi connectivity index (χ0n) is 66.7. The second kappa shape index (κ2) is 49.3. The Balaban J connectivity index is 0.000000443. The Morgan fingerprint density at radius 2 is 0.857 bits per heavy atom. The Morgan fingerprint density at radius 1 is 0.496 bits per heavy atom. The predicted octanol–water partition coefficient (Wildman–Crippen LogP) is 12.3. The van der Waals surface area contributed by atoms with E-state index in [1.165, 1.54) is 64.1 Å². The number of aliphatic hydroxyl groups excluding tert-OH is 2. The van der Waals surface area contributed by atoms with Gasteiger partial charge in [0, 0.05) is 26.2 Å². The zero-order valence-corrected chi connectivity index (χ0v) is 71.0. The van der Waals surface area contributed by atoms with Gasteiger partial charge >= 0.3 is 39.2 Å². The third-order valence-corrected chi connectivity index (χ3v) is 24.5. The highest BCUT2D eigenvalue weighted by atomic mass is 35.5. The van der Waals surface area contributed by atoms with Crippen molar-refractivity contribution in [1.29, 1.82) is 0 Å². The first kappa shape index (κ1) is 104. The molecule has 4 heterocycles. The summed E-state index contributed by atoms with van der Waals surface area (Å²) in [5.41, 5.74) is 6.86. The van der Waals surface area contributed by atoms with Gasteiger partial charge in [-0.25, -0.2) is 36.1 Å². The van der Waals surface area contributed by atoms with Gasteiger partial charge in [0.1, 0.15) is 47.3 Å². The van der Waals surface area contributed by atoms with Crippen molar-refractivity contribution in [1.82, 2.24) is 24.3 Å². The molecule has 664 valence electrons. The number of nitrogens with two attached hydrogens (primary N) is 1. The van der Waals surface area contributed by atoms with Gasteiger partial charge in [0.15, 0.2) is 25.3 Å². The zero-order chi connectivity index (χ0) is 83.6. The van der Waals surface area contributed by atoms with Crippen molar-refractivity contribution in [2.75, 3.05) is 65.3 Å². The molecule has 6 aromatic rings. The topological polar surface area (TPSA) is 411 Å². The molecule has 0 spiro atoms. The highest BCUT2D eigenvalue weighted by molar-refractivity contribution is 7.89. The molecule has 4 saturated heterocycles. The Hall–Kier alpha value is -7.79. The first-order valence-electron chi connectivity index (χ1n) is 38.2. The number of para-hydroxylation sites is 2. The third-order valence-electron chi connectivity index (χ3n) is 18.1. The molecule has 6 aromatic carbocycles. The number of hydrogen-bond acceptors (Lipinski definition) is 25. The first-order chi connectivity index (χ1) is 54.5. The normalized spacial score (nSPS) is 19.8. The molecule has 31 nitrogen and oxygen atoms in total. The Kier molecular flexibility index (Phi) is 42.9. The summed E-state index contributed by atoms with van der Waals surface area (Å²) in [7, 11) is -16.4. The van der Waals surface area contributed by atoms with E-state index in [4.69, 9.17) is 62.1 Å². The lowest BCUT2D eigenvalue weighted by molar-refractivity contribution is -0.149. The number of fused-ring (bicyclic) bond motifs is 2. The van der Waals surface area contributed by atoms with Crippen LogP contribution in [0.25, 0.3) is 0 Å². The van der Waals surface area contributed by atoms with Crippen LogP contribution in [0.5, 0.6) is 23.0 Å². The van der Waals surface area contributed by atoms with Gasteiger partial charge < -0.3 is 87.9 Å². The van der Waals surface area contributed by atoms with Gasteiger partial charge in [-0.05, 0) is 163 Å². The first-order valence-corrected chi connectivity index (χ1v) is 44.7. The lowest BCUT2D eigenvalue weighted by Crippen LogP contribution is -2.51. The third kappa shape index (κ3) is 33.2. The lowest BCUT2D eigenvalue weighted by Gasteiger charge is -2.31. The van der Waals surface area contributed by atoms with Gasteiger partial charge in [0.05, 0.1) is 84.6 Å². The number of halogens is 1. The van der Waals surface area contributed by atoms with Crippen molar-refractivity contribution in [3.05, 3.63) is 181 Å². The molecule has 14 atom stereocenters. The molecule has 36 heteroatoms. The highest BCUT2D eigenvalue weighted by Crippen LogP contribution is 2.45. The maximum atomic E-state index is 14.2. The molecule has 2 unspecified atom stereocenters. The van der Waals surface area contributed by atoms with E-state index in [2.05, 4.69) is 15.7 Å². The summed E-state index contributed by atoms with van der Waals surface area (Å²) in [5.74, 6) is -0.469. The minimum Gasteiger partial charge on any atom is -0.481 e. The molecule has 0 aliphatic carbocycles. The number of ether oxygens (including phenoxy) is 10. The van der Waals surface area contributed by atoms with Crippen molar-refractivity contribution in [2.45, 2.75) is 200 Å². The minimum absolute atomic E-state index is 0. The fraction of sp³-hybridized carbons (Fsp3) is 0.518. The summed E-state index contributed by atoms with van der Waals surface area (Å²) in [4.78, 5) is 59.5. The van der Waals surface area contributed by atoms with Gasteiger partial charge in [-0.3, -0.25) is 14.2 Å². The van der Waals surface area contributed by atoms with Crippen molar-refractivity contribution in [3.63, 3.8) is 0 Å². The molecular weight excluding hydrogens is 1640 g/mol. The molecule has 4 aliphatic heterocycles. The van der Waals surface area contributed by atoms with Gasteiger partial charge in [0.25, 0.3) is 0 Å². The smallest absolute Gasteiger partial charge is 0.413 e. The monoisotopic (exact) mass is 1760 g/mol. The fourth-order valence-corrected chi connectivity index (χ4v) is 18.3. The number of carbonyl (C=O) groups excluding carboxylic acids is 4. The van der Waals surface area contributed by atoms with E-state index >= 15 is 0 Å². The average Bonchev–Trinajstić information content (AvgIpc) is 1.69. The summed E-state index contributed by atoms with van der Waals surface area (Å²) in [6, 6.07) is 42.7. The van der Waals surface area contributed by atoms with Crippen molar-refractivity contribution in [2.24, 2.45) is 29.4 Å². The van der Waals surface area contributed by atoms with Crippen LogP contribution in [0.3, 0.4) is 0 Å². The molecular formula is C83H123ClN6O25P2S2. The molecule has 4 fully saturated rings. The lowest BCUT2D eigenvalue weighted by atomic mass is 10.0. The number of aliphatic hydroxyl groups is 2. The summed E-state index contributed by atoms with van der Waals surface area (Å²) in [5, 5.41) is 31.5. The largest absolute Gasteiger partial charge is 0.481 e. The molecule has 0 saturated carbocycles. The van der Waals surface area contributed by atoms with Crippen LogP contribution in [0.4, 0.5) is 9.59 Å². The summed E-state index contributed by atoms with van der Waals surface area (Å²) < 4.78 is 151. The molecule has 119 heavy (non-hydrogen) atoms. The van der Waals surface area contributed by atoms with Crippen LogP contribution in [-0.2, 0) is 89.5 Å². The molecule has 0 bridgehead atoms. The number of nitrogens with one attached hydrogen (secondary N) is 3. The summed E-state index contributed by atoms with van der Waals surface area (Å²) in [6.07, 6.45) is -5.70. The van der Waals surface area contributed by atoms with Gasteiger partial charge in [-0.2, -0.15) is 8.61 Å². The number of benzene rings is 6. The van der Waals surface area contributed by atoms with Gasteiger partial charge in [0.2, 0.25) is 20.0 Å². The molecule has 0 radical (unpaired) electrons. The van der Waals surface area contributed by atoms with E-state index in [-0.39, 0.29) is 162 Å². The van der Waals surface area contributed by atoms with Crippen LogP contribution in [-0.4, -0.2) is 203 Å². The number of nitrogens with zero attached hydrogens (tertiary/aromatic N) is 2. The van der Waals surface area contributed by atoms with Crippen molar-refractivity contribution < 1.29 is 117 Å². The van der Waals surface area contributed by atoms with E-state index in [0.29, 0.717) is 26.1 Å². The van der Waals surface area contributed by atoms with Crippen molar-refractivity contribution >= 4 is 71.7 Å². The number of alkyl carbamates (subject to hydrolysis) is 2. The van der Waals surface area contributed by atoms with Crippen LogP contribution in [0.1, 0.15) is 115 Å². The van der Waals surface area contributed by atoms with E-state index in [1.807, 2.05) is 88.4 Å². The van der Waals surface area contributed by atoms with Crippen LogP contribution < -0.4 is 40.0 Å². The molecule has 2 amide bonds.